The van der Waals surface area contributed by atoms with Crippen molar-refractivity contribution >= 4 is 11.7 Å². The van der Waals surface area contributed by atoms with Gasteiger partial charge in [-0.25, -0.2) is 4.79 Å². The number of benzene rings is 1. The average molecular weight is 367 g/mol. The average Bonchev–Trinajstić information content (AvgIpc) is 3.28. The molecule has 2 amide bonds. The van der Waals surface area contributed by atoms with Gasteiger partial charge >= 0.3 is 6.03 Å². The zero-order valence-electron chi connectivity index (χ0n) is 15.3. The molecule has 1 aliphatic heterocycles. The first kappa shape index (κ1) is 17.1. The van der Waals surface area contributed by atoms with Gasteiger partial charge in [0.2, 0.25) is 5.82 Å². The number of carbonyl (C=O) groups excluding carboxylic acids is 1. The van der Waals surface area contributed by atoms with Crippen LogP contribution in [0.1, 0.15) is 30.1 Å². The monoisotopic (exact) mass is 367 g/mol. The van der Waals surface area contributed by atoms with E-state index in [0.717, 1.165) is 48.6 Å². The van der Waals surface area contributed by atoms with E-state index < -0.39 is 0 Å². The van der Waals surface area contributed by atoms with E-state index in [1.165, 1.54) is 4.80 Å². The lowest BCUT2D eigenvalue weighted by atomic mass is 10.1. The fraction of sp³-hybridized carbons (Fsp3) is 0.412. The number of anilines is 1. The van der Waals surface area contributed by atoms with E-state index in [2.05, 4.69) is 40.8 Å². The van der Waals surface area contributed by atoms with Crippen LogP contribution in [0, 0.1) is 6.92 Å². The number of nitrogens with zero attached hydrogens (tertiary/aromatic N) is 7. The summed E-state index contributed by atoms with van der Waals surface area (Å²) in [6, 6.07) is 5.36. The predicted octanol–water partition coefficient (Wildman–Crippen LogP) is 1.44. The van der Waals surface area contributed by atoms with Crippen LogP contribution in [0.5, 0.6) is 0 Å². The van der Waals surface area contributed by atoms with Crippen LogP contribution in [0.3, 0.4) is 0 Å². The van der Waals surface area contributed by atoms with Crippen molar-refractivity contribution in [3.63, 3.8) is 0 Å². The minimum atomic E-state index is -0.296. The molecular formula is C17H21N9O. The van der Waals surface area contributed by atoms with Crippen LogP contribution in [0.4, 0.5) is 10.5 Å². The summed E-state index contributed by atoms with van der Waals surface area (Å²) in [5.41, 5.74) is 2.42. The van der Waals surface area contributed by atoms with Crippen molar-refractivity contribution < 1.29 is 4.79 Å². The highest BCUT2D eigenvalue weighted by molar-refractivity contribution is 5.90. The molecule has 2 N–H and O–H groups in total. The molecule has 2 aromatic heterocycles. The number of fused-ring (bicyclic) bond motifs is 1. The number of nitrogens with one attached hydrogen (secondary N) is 2. The van der Waals surface area contributed by atoms with Crippen molar-refractivity contribution in [3.8, 4) is 11.4 Å². The van der Waals surface area contributed by atoms with Crippen molar-refractivity contribution in [2.45, 2.75) is 39.3 Å². The molecule has 0 saturated heterocycles. The fourth-order valence-electron chi connectivity index (χ4n) is 3.12. The minimum absolute atomic E-state index is 0.296. The molecule has 0 unspecified atom stereocenters. The molecule has 0 radical (unpaired) electrons. The highest BCUT2D eigenvalue weighted by Crippen LogP contribution is 2.22. The van der Waals surface area contributed by atoms with Gasteiger partial charge in [0.05, 0.1) is 13.6 Å². The quantitative estimate of drug-likeness (QED) is 0.721. The Morgan fingerprint density at radius 1 is 1.22 bits per heavy atom. The van der Waals surface area contributed by atoms with Crippen molar-refractivity contribution in [3.05, 3.63) is 35.4 Å². The third-order valence-corrected chi connectivity index (χ3v) is 4.60. The molecule has 140 valence electrons. The van der Waals surface area contributed by atoms with Crippen LogP contribution in [0.25, 0.3) is 11.4 Å². The van der Waals surface area contributed by atoms with Crippen LogP contribution in [-0.2, 0) is 26.6 Å². The number of rotatable bonds is 4. The van der Waals surface area contributed by atoms with Crippen molar-refractivity contribution in [2.24, 2.45) is 7.05 Å². The standard InChI is InChI=1S/C17H21N9O/c1-11-6-7-12(16-22-24-25(2)23-16)9-13(11)19-17(27)18-10-15-21-20-14-5-3-4-8-26(14)15/h6-7,9H,3-5,8,10H2,1-2H3,(H2,18,19,27). The number of hydrogen-bond donors (Lipinski definition) is 2. The summed E-state index contributed by atoms with van der Waals surface area (Å²) in [6.07, 6.45) is 3.20. The highest BCUT2D eigenvalue weighted by Gasteiger charge is 2.16. The van der Waals surface area contributed by atoms with Crippen molar-refractivity contribution in [2.75, 3.05) is 5.32 Å². The summed E-state index contributed by atoms with van der Waals surface area (Å²) in [7, 11) is 1.71. The molecule has 0 bridgehead atoms. The summed E-state index contributed by atoms with van der Waals surface area (Å²) in [4.78, 5) is 13.7. The Bertz CT molecular complexity index is 975. The van der Waals surface area contributed by atoms with E-state index in [-0.39, 0.29) is 6.03 Å². The molecule has 3 heterocycles. The molecule has 10 nitrogen and oxygen atoms in total. The summed E-state index contributed by atoms with van der Waals surface area (Å²) in [5, 5.41) is 26.2. The molecule has 27 heavy (non-hydrogen) atoms. The van der Waals surface area contributed by atoms with E-state index in [4.69, 9.17) is 0 Å². The molecular weight excluding hydrogens is 346 g/mol. The molecule has 0 saturated carbocycles. The maximum atomic E-state index is 12.4. The topological polar surface area (TPSA) is 115 Å². The summed E-state index contributed by atoms with van der Waals surface area (Å²) < 4.78 is 2.09. The smallest absolute Gasteiger partial charge is 0.319 e. The Balaban J connectivity index is 1.43. The molecule has 0 atom stereocenters. The maximum Gasteiger partial charge on any atom is 0.319 e. The third kappa shape index (κ3) is 3.64. The van der Waals surface area contributed by atoms with Gasteiger partial charge in [-0.05, 0) is 36.6 Å². The largest absolute Gasteiger partial charge is 0.331 e. The van der Waals surface area contributed by atoms with Gasteiger partial charge in [0.25, 0.3) is 0 Å². The zero-order chi connectivity index (χ0) is 18.8. The SMILES string of the molecule is Cc1ccc(-c2nnn(C)n2)cc1NC(=O)NCc1nnc2n1CCCC2. The number of urea groups is 1. The van der Waals surface area contributed by atoms with Crippen LogP contribution >= 0.6 is 0 Å². The first-order valence-corrected chi connectivity index (χ1v) is 8.91. The van der Waals surface area contributed by atoms with Crippen molar-refractivity contribution in [1.82, 2.24) is 40.3 Å². The van der Waals surface area contributed by atoms with E-state index in [1.54, 1.807) is 7.05 Å². The molecule has 0 spiro atoms. The number of tetrazole rings is 1. The van der Waals surface area contributed by atoms with Gasteiger partial charge in [-0.1, -0.05) is 12.1 Å². The molecule has 4 rings (SSSR count). The molecule has 10 heteroatoms. The molecule has 0 aliphatic carbocycles. The number of aromatic nitrogens is 7. The van der Waals surface area contributed by atoms with Crippen LogP contribution < -0.4 is 10.6 Å². The Labute approximate surface area is 156 Å². The summed E-state index contributed by atoms with van der Waals surface area (Å²) in [5.74, 6) is 2.30. The normalized spacial score (nSPS) is 13.3. The van der Waals surface area contributed by atoms with E-state index in [0.29, 0.717) is 18.1 Å². The molecule has 1 aliphatic rings. The number of amides is 2. The minimum Gasteiger partial charge on any atom is -0.331 e. The number of hydrogen-bond acceptors (Lipinski definition) is 6. The third-order valence-electron chi connectivity index (χ3n) is 4.60. The fourth-order valence-corrected chi connectivity index (χ4v) is 3.12. The Kier molecular flexibility index (Phi) is 4.53. The lowest BCUT2D eigenvalue weighted by Crippen LogP contribution is -2.30. The lowest BCUT2D eigenvalue weighted by molar-refractivity contribution is 0.251. The second kappa shape index (κ2) is 7.14. The van der Waals surface area contributed by atoms with E-state index in [9.17, 15) is 4.79 Å². The van der Waals surface area contributed by atoms with Gasteiger partial charge in [-0.15, -0.1) is 20.4 Å². The van der Waals surface area contributed by atoms with Crippen LogP contribution in [0.2, 0.25) is 0 Å². The van der Waals surface area contributed by atoms with Gasteiger partial charge in [0.1, 0.15) is 5.82 Å². The zero-order valence-corrected chi connectivity index (χ0v) is 15.3. The van der Waals surface area contributed by atoms with Gasteiger partial charge < -0.3 is 15.2 Å². The second-order valence-electron chi connectivity index (χ2n) is 6.58. The summed E-state index contributed by atoms with van der Waals surface area (Å²) >= 11 is 0. The predicted molar refractivity (Wildman–Crippen MR) is 97.8 cm³/mol. The first-order chi connectivity index (χ1) is 13.1. The molecule has 1 aromatic carbocycles. The van der Waals surface area contributed by atoms with E-state index >= 15 is 0 Å². The van der Waals surface area contributed by atoms with Crippen molar-refractivity contribution in [1.29, 1.82) is 0 Å². The lowest BCUT2D eigenvalue weighted by Gasteiger charge is -2.15. The molecule has 3 aromatic rings. The number of carbonyl (C=O) groups is 1. The van der Waals surface area contributed by atoms with Gasteiger partial charge in [0, 0.05) is 24.2 Å². The Hall–Kier alpha value is -3.30. The van der Waals surface area contributed by atoms with Gasteiger partial charge in [-0.2, -0.15) is 4.80 Å². The summed E-state index contributed by atoms with van der Waals surface area (Å²) in [6.45, 7) is 3.18. The van der Waals surface area contributed by atoms with Crippen LogP contribution in [-0.4, -0.2) is 41.0 Å². The maximum absolute atomic E-state index is 12.4. The second-order valence-corrected chi connectivity index (χ2v) is 6.58. The van der Waals surface area contributed by atoms with E-state index in [1.807, 2.05) is 25.1 Å². The van der Waals surface area contributed by atoms with Gasteiger partial charge in [0.15, 0.2) is 5.82 Å². The highest BCUT2D eigenvalue weighted by atomic mass is 16.2. The molecule has 0 fully saturated rings. The Morgan fingerprint density at radius 2 is 2.11 bits per heavy atom. The first-order valence-electron chi connectivity index (χ1n) is 8.91. The Morgan fingerprint density at radius 3 is 2.93 bits per heavy atom. The van der Waals surface area contributed by atoms with Crippen LogP contribution in [0.15, 0.2) is 18.2 Å². The van der Waals surface area contributed by atoms with Gasteiger partial charge in [-0.3, -0.25) is 0 Å². The number of aryl methyl sites for hydroxylation is 3.